The van der Waals surface area contributed by atoms with E-state index in [2.05, 4.69) is 48.1 Å². The Morgan fingerprint density at radius 1 is 0.906 bits per heavy atom. The number of amides is 4. The van der Waals surface area contributed by atoms with E-state index in [9.17, 15) is 24.0 Å². The van der Waals surface area contributed by atoms with Crippen LogP contribution in [0.3, 0.4) is 0 Å². The Labute approximate surface area is 311 Å². The summed E-state index contributed by atoms with van der Waals surface area (Å²) < 4.78 is 9.69. The summed E-state index contributed by atoms with van der Waals surface area (Å²) in [5.41, 5.74) is 4.19. The maximum absolute atomic E-state index is 13.8. The fourth-order valence-corrected chi connectivity index (χ4v) is 7.71. The average molecular weight is 734 g/mol. The molecule has 1 aromatic heterocycles. The molecule has 0 bridgehead atoms. The molecule has 288 valence electrons. The highest BCUT2D eigenvalue weighted by molar-refractivity contribution is 5.95. The number of aromatic nitrogens is 2. The van der Waals surface area contributed by atoms with Crippen molar-refractivity contribution in [1.82, 2.24) is 36.1 Å². The maximum Gasteiger partial charge on any atom is 0.407 e. The fraction of sp³-hybridized carbons (Fsp3) is 0.590. The summed E-state index contributed by atoms with van der Waals surface area (Å²) in [6.07, 6.45) is 14.0. The maximum atomic E-state index is 13.8. The van der Waals surface area contributed by atoms with Crippen LogP contribution in [-0.2, 0) is 28.7 Å². The molecule has 0 radical (unpaired) electrons. The molecule has 2 aliphatic heterocycles. The first kappa shape index (κ1) is 39.5. The molecular weight excluding hydrogens is 678 g/mol. The van der Waals surface area contributed by atoms with Gasteiger partial charge in [0.2, 0.25) is 17.7 Å². The number of carbonyl (C=O) groups excluding carboxylic acids is 5. The molecule has 2 saturated heterocycles. The van der Waals surface area contributed by atoms with Crippen molar-refractivity contribution in [3.63, 3.8) is 0 Å². The van der Waals surface area contributed by atoms with Crippen LogP contribution in [0, 0.1) is 17.8 Å². The Bertz CT molecular complexity index is 1700. The van der Waals surface area contributed by atoms with Crippen LogP contribution in [-0.4, -0.2) is 96.1 Å². The zero-order valence-corrected chi connectivity index (χ0v) is 32.0. The second-order valence-corrected chi connectivity index (χ2v) is 15.1. The van der Waals surface area contributed by atoms with E-state index in [1.165, 1.54) is 25.4 Å². The Kier molecular flexibility index (Phi) is 12.6. The Hall–Kier alpha value is -4.72. The summed E-state index contributed by atoms with van der Waals surface area (Å²) in [7, 11) is 2.61. The third-order valence-electron chi connectivity index (χ3n) is 10.9. The Balaban J connectivity index is 1.15. The van der Waals surface area contributed by atoms with Gasteiger partial charge >= 0.3 is 12.1 Å². The van der Waals surface area contributed by atoms with Crippen LogP contribution >= 0.6 is 0 Å². The van der Waals surface area contributed by atoms with Gasteiger partial charge in [-0.15, -0.1) is 0 Å². The monoisotopic (exact) mass is 733 g/mol. The standard InChI is InChI=1S/C39H55N7O7/c1-22(2)31(39(21-42-39)37(50)52-6)36(49)46-18-8-9-29(46)19-41-34(47)28-16-12-26(13-17-28)25-10-14-27(15-11-25)30-20-40-33(44-30)24(5)43-35(48)32(23(3)4)45-38(51)53-7/h10,12,14,16,20,22-24,29,31-32,42H,8-9,11,13,15,17-19,21H2,1-7H3,(H,40,44)(H,41,47)(H,43,48)(H,45,51). The number of rotatable bonds is 14. The quantitative estimate of drug-likeness (QED) is 0.140. The summed E-state index contributed by atoms with van der Waals surface area (Å²) in [6, 6.07) is -1.26. The minimum atomic E-state index is -0.967. The number of H-pyrrole nitrogens is 1. The number of imidazole rings is 1. The van der Waals surface area contributed by atoms with Crippen molar-refractivity contribution in [1.29, 1.82) is 0 Å². The number of hydrogen-bond donors (Lipinski definition) is 5. The van der Waals surface area contributed by atoms with Gasteiger partial charge in [0.15, 0.2) is 0 Å². The van der Waals surface area contributed by atoms with Gasteiger partial charge in [-0.3, -0.25) is 19.7 Å². The predicted octanol–water partition coefficient (Wildman–Crippen LogP) is 3.61. The van der Waals surface area contributed by atoms with E-state index >= 15 is 0 Å². The first-order valence-electron chi connectivity index (χ1n) is 18.7. The predicted molar refractivity (Wildman–Crippen MR) is 199 cm³/mol. The zero-order chi connectivity index (χ0) is 38.4. The van der Waals surface area contributed by atoms with Gasteiger partial charge in [-0.2, -0.15) is 0 Å². The molecule has 2 aliphatic carbocycles. The molecule has 2 fully saturated rings. The van der Waals surface area contributed by atoms with Gasteiger partial charge in [0.25, 0.3) is 0 Å². The number of esters is 1. The molecule has 53 heavy (non-hydrogen) atoms. The number of nitrogens with zero attached hydrogens (tertiary/aromatic N) is 2. The largest absolute Gasteiger partial charge is 0.468 e. The SMILES string of the molecule is COC(=O)NC(C(=O)NC(C)c1ncc(C2=CC=C(C3=CC=C(C(=O)NCC4CCCN4C(=O)C(C(C)C)C4(C(=O)OC)CN4)CC3)CC2)[nH]1)C(C)C. The molecule has 0 aromatic carbocycles. The number of hydrogen-bond acceptors (Lipinski definition) is 9. The lowest BCUT2D eigenvalue weighted by Gasteiger charge is -2.33. The van der Waals surface area contributed by atoms with Gasteiger partial charge in [0.1, 0.15) is 17.4 Å². The molecule has 5 unspecified atom stereocenters. The molecule has 14 heteroatoms. The summed E-state index contributed by atoms with van der Waals surface area (Å²) in [5, 5.41) is 11.7. The van der Waals surface area contributed by atoms with Crippen LogP contribution in [0.5, 0.6) is 0 Å². The highest BCUT2D eigenvalue weighted by Gasteiger charge is 2.61. The summed E-state index contributed by atoms with van der Waals surface area (Å²) in [6.45, 7) is 10.8. The van der Waals surface area contributed by atoms with E-state index in [1.807, 2.05) is 51.7 Å². The first-order valence-corrected chi connectivity index (χ1v) is 18.7. The lowest BCUT2D eigenvalue weighted by molar-refractivity contribution is -0.152. The highest BCUT2D eigenvalue weighted by atomic mass is 16.5. The minimum Gasteiger partial charge on any atom is -0.468 e. The number of carbonyl (C=O) groups is 5. The Morgan fingerprint density at radius 2 is 1.57 bits per heavy atom. The van der Waals surface area contributed by atoms with Gasteiger partial charge < -0.3 is 35.3 Å². The number of ether oxygens (including phenoxy) is 2. The normalized spacial score (nSPS) is 22.8. The second kappa shape index (κ2) is 17.0. The number of aromatic amines is 1. The van der Waals surface area contributed by atoms with Gasteiger partial charge in [-0.1, -0.05) is 52.0 Å². The molecule has 1 aromatic rings. The molecular formula is C39H55N7O7. The molecule has 4 amide bonds. The van der Waals surface area contributed by atoms with Crippen molar-refractivity contribution in [3.8, 4) is 0 Å². The molecule has 4 aliphatic rings. The van der Waals surface area contributed by atoms with E-state index < -0.39 is 35.6 Å². The van der Waals surface area contributed by atoms with Gasteiger partial charge in [-0.05, 0) is 74.0 Å². The lowest BCUT2D eigenvalue weighted by Crippen LogP contribution is -2.53. The lowest BCUT2D eigenvalue weighted by atomic mass is 9.81. The first-order chi connectivity index (χ1) is 25.3. The molecule has 0 spiro atoms. The number of nitrogens with one attached hydrogen (secondary N) is 5. The number of methoxy groups -OCH3 is 2. The van der Waals surface area contributed by atoms with Gasteiger partial charge in [0, 0.05) is 31.2 Å². The van der Waals surface area contributed by atoms with Crippen LogP contribution in [0.15, 0.2) is 47.2 Å². The van der Waals surface area contributed by atoms with Crippen molar-refractivity contribution < 1.29 is 33.4 Å². The third kappa shape index (κ3) is 8.91. The zero-order valence-electron chi connectivity index (χ0n) is 32.0. The highest BCUT2D eigenvalue weighted by Crippen LogP contribution is 2.37. The number of allylic oxidation sites excluding steroid dienone is 7. The van der Waals surface area contributed by atoms with E-state index in [-0.39, 0.29) is 35.6 Å². The fourth-order valence-electron chi connectivity index (χ4n) is 7.71. The summed E-state index contributed by atoms with van der Waals surface area (Å²) >= 11 is 0. The van der Waals surface area contributed by atoms with E-state index in [0.717, 1.165) is 48.9 Å². The number of alkyl carbamates (subject to hydrolysis) is 1. The summed E-state index contributed by atoms with van der Waals surface area (Å²) in [4.78, 5) is 73.9. The van der Waals surface area contributed by atoms with Crippen molar-refractivity contribution in [2.75, 3.05) is 33.9 Å². The van der Waals surface area contributed by atoms with E-state index in [4.69, 9.17) is 4.74 Å². The minimum absolute atomic E-state index is 0.0571. The van der Waals surface area contributed by atoms with E-state index in [0.29, 0.717) is 31.9 Å². The summed E-state index contributed by atoms with van der Waals surface area (Å²) in [5.74, 6) is -1.01. The van der Waals surface area contributed by atoms with Crippen LogP contribution in [0.25, 0.3) is 5.57 Å². The average Bonchev–Trinajstić information content (AvgIpc) is 3.54. The van der Waals surface area contributed by atoms with E-state index in [1.54, 1.807) is 6.20 Å². The van der Waals surface area contributed by atoms with Crippen LogP contribution in [0.2, 0.25) is 0 Å². The van der Waals surface area contributed by atoms with Crippen molar-refractivity contribution in [3.05, 3.63) is 58.7 Å². The smallest absolute Gasteiger partial charge is 0.407 e. The molecule has 3 heterocycles. The van der Waals surface area contributed by atoms with Crippen LogP contribution in [0.1, 0.15) is 90.7 Å². The van der Waals surface area contributed by atoms with Crippen molar-refractivity contribution in [2.24, 2.45) is 17.8 Å². The molecule has 0 saturated carbocycles. The molecule has 5 atom stereocenters. The Morgan fingerprint density at radius 3 is 2.13 bits per heavy atom. The van der Waals surface area contributed by atoms with Crippen LogP contribution in [0.4, 0.5) is 4.79 Å². The second-order valence-electron chi connectivity index (χ2n) is 15.1. The third-order valence-corrected chi connectivity index (χ3v) is 10.9. The molecule has 14 nitrogen and oxygen atoms in total. The molecule has 5 N–H and O–H groups in total. The topological polar surface area (TPSA) is 194 Å². The van der Waals surface area contributed by atoms with Crippen LogP contribution < -0.4 is 21.3 Å². The van der Waals surface area contributed by atoms with Gasteiger partial charge in [-0.25, -0.2) is 14.6 Å². The van der Waals surface area contributed by atoms with Crippen molar-refractivity contribution in [2.45, 2.75) is 96.8 Å². The molecule has 5 rings (SSSR count). The van der Waals surface area contributed by atoms with Gasteiger partial charge in [0.05, 0.1) is 38.1 Å². The number of likely N-dealkylation sites (tertiary alicyclic amines) is 1. The van der Waals surface area contributed by atoms with Crippen molar-refractivity contribution >= 4 is 35.4 Å².